The van der Waals surface area contributed by atoms with Crippen molar-refractivity contribution in [2.75, 3.05) is 43.5 Å². The predicted octanol–water partition coefficient (Wildman–Crippen LogP) is 3.96. The molecule has 0 saturated carbocycles. The Bertz CT molecular complexity index is 665. The number of thioether (sulfide) groups is 1. The number of fused-ring (bicyclic) bond motifs is 1. The van der Waals surface area contributed by atoms with Crippen LogP contribution in [0.1, 0.15) is 19.8 Å². The van der Waals surface area contributed by atoms with Crippen molar-refractivity contribution in [3.8, 4) is 0 Å². The van der Waals surface area contributed by atoms with Crippen LogP contribution in [0.25, 0.3) is 10.9 Å². The number of nitrogens with one attached hydrogen (secondary N) is 3. The van der Waals surface area contributed by atoms with Crippen molar-refractivity contribution in [3.63, 3.8) is 0 Å². The maximum Gasteiger partial charge on any atom is 0.191 e. The molecular weight excluding hydrogens is 457 g/mol. The van der Waals surface area contributed by atoms with Gasteiger partial charge in [0, 0.05) is 31.6 Å². The molecule has 0 atom stereocenters. The molecule has 5 nitrogen and oxygen atoms in total. The molecule has 0 radical (unpaired) electrons. The van der Waals surface area contributed by atoms with Crippen LogP contribution in [0.2, 0.25) is 0 Å². The summed E-state index contributed by atoms with van der Waals surface area (Å²) in [5.74, 6) is 3.00. The number of anilines is 1. The minimum Gasteiger partial charge on any atom is -0.368 e. The summed E-state index contributed by atoms with van der Waals surface area (Å²) < 4.78 is 0. The number of nitrogens with zero attached hydrogens (tertiary/aromatic N) is 2. The number of guanidine groups is 1. The van der Waals surface area contributed by atoms with E-state index in [1.807, 2.05) is 36.0 Å². The van der Waals surface area contributed by atoms with E-state index < -0.39 is 0 Å². The van der Waals surface area contributed by atoms with Gasteiger partial charge in [-0.15, -0.1) is 24.0 Å². The minimum atomic E-state index is 0. The Labute approximate surface area is 178 Å². The van der Waals surface area contributed by atoms with Gasteiger partial charge in [0.1, 0.15) is 5.82 Å². The van der Waals surface area contributed by atoms with Crippen LogP contribution in [0.15, 0.2) is 41.4 Å². The molecule has 3 N–H and O–H groups in total. The highest BCUT2D eigenvalue weighted by Gasteiger charge is 1.99. The second kappa shape index (κ2) is 13.9. The quantitative estimate of drug-likeness (QED) is 0.205. The normalized spacial score (nSPS) is 11.1. The number of para-hydroxylation sites is 1. The third kappa shape index (κ3) is 8.44. The lowest BCUT2D eigenvalue weighted by Crippen LogP contribution is -2.39. The monoisotopic (exact) mass is 487 g/mol. The molecule has 144 valence electrons. The molecule has 1 aromatic heterocycles. The number of pyridine rings is 1. The fraction of sp³-hybridized carbons (Fsp3) is 0.474. The van der Waals surface area contributed by atoms with Gasteiger partial charge < -0.3 is 16.0 Å². The summed E-state index contributed by atoms with van der Waals surface area (Å²) in [7, 11) is 0. The van der Waals surface area contributed by atoms with Crippen molar-refractivity contribution < 1.29 is 0 Å². The highest BCUT2D eigenvalue weighted by molar-refractivity contribution is 14.0. The van der Waals surface area contributed by atoms with Crippen molar-refractivity contribution in [2.24, 2.45) is 4.99 Å². The van der Waals surface area contributed by atoms with Gasteiger partial charge in [0.25, 0.3) is 0 Å². The fourth-order valence-corrected chi connectivity index (χ4v) is 2.92. The van der Waals surface area contributed by atoms with Crippen molar-refractivity contribution in [2.45, 2.75) is 19.8 Å². The Hall–Kier alpha value is -1.22. The van der Waals surface area contributed by atoms with Gasteiger partial charge in [-0.1, -0.05) is 18.2 Å². The van der Waals surface area contributed by atoms with Gasteiger partial charge in [-0.3, -0.25) is 4.99 Å². The van der Waals surface area contributed by atoms with Crippen molar-refractivity contribution in [1.82, 2.24) is 15.6 Å². The SMILES string of the molecule is CCNC(=NCCCCSC)NCCNc1ccc2ccccc2n1.I. The second-order valence-electron chi connectivity index (χ2n) is 5.70. The van der Waals surface area contributed by atoms with E-state index in [2.05, 4.69) is 51.2 Å². The van der Waals surface area contributed by atoms with E-state index >= 15 is 0 Å². The van der Waals surface area contributed by atoms with Gasteiger partial charge in [-0.25, -0.2) is 4.98 Å². The third-order valence-electron chi connectivity index (χ3n) is 3.69. The summed E-state index contributed by atoms with van der Waals surface area (Å²) >= 11 is 1.89. The average Bonchev–Trinajstić information content (AvgIpc) is 2.64. The molecule has 1 aromatic carbocycles. The first-order valence-electron chi connectivity index (χ1n) is 8.94. The molecule has 0 unspecified atom stereocenters. The van der Waals surface area contributed by atoms with E-state index in [1.54, 1.807) is 0 Å². The number of benzene rings is 1. The van der Waals surface area contributed by atoms with Crippen LogP contribution in [0.5, 0.6) is 0 Å². The Kier molecular flexibility index (Phi) is 12.2. The largest absolute Gasteiger partial charge is 0.368 e. The lowest BCUT2D eigenvalue weighted by atomic mass is 10.2. The smallest absolute Gasteiger partial charge is 0.191 e. The van der Waals surface area contributed by atoms with Crippen LogP contribution < -0.4 is 16.0 Å². The molecule has 26 heavy (non-hydrogen) atoms. The summed E-state index contributed by atoms with van der Waals surface area (Å²) in [4.78, 5) is 9.23. The van der Waals surface area contributed by atoms with E-state index in [9.17, 15) is 0 Å². The number of rotatable bonds is 10. The molecule has 0 aliphatic carbocycles. The number of halogens is 1. The second-order valence-corrected chi connectivity index (χ2v) is 6.69. The first kappa shape index (κ1) is 22.8. The summed E-state index contributed by atoms with van der Waals surface area (Å²) in [5.41, 5.74) is 1.01. The zero-order valence-electron chi connectivity index (χ0n) is 15.6. The van der Waals surface area contributed by atoms with Gasteiger partial charge in [0.15, 0.2) is 5.96 Å². The standard InChI is InChI=1S/C19H29N5S.HI/c1-3-20-19(22-12-6-7-15-25-2)23-14-13-21-18-11-10-16-8-4-5-9-17(16)24-18;/h4-5,8-11H,3,6-7,12-15H2,1-2H3,(H,21,24)(H2,20,22,23);1H. The highest BCUT2D eigenvalue weighted by Crippen LogP contribution is 2.14. The Morgan fingerprint density at radius 3 is 2.73 bits per heavy atom. The zero-order valence-corrected chi connectivity index (χ0v) is 18.8. The van der Waals surface area contributed by atoms with Crippen LogP contribution in [0.3, 0.4) is 0 Å². The minimum absolute atomic E-state index is 0. The zero-order chi connectivity index (χ0) is 17.7. The summed E-state index contributed by atoms with van der Waals surface area (Å²) in [6.07, 6.45) is 4.50. The van der Waals surface area contributed by atoms with E-state index in [1.165, 1.54) is 12.2 Å². The predicted molar refractivity (Wildman–Crippen MR) is 127 cm³/mol. The fourth-order valence-electron chi connectivity index (χ4n) is 2.43. The Balaban J connectivity index is 0.00000338. The van der Waals surface area contributed by atoms with Crippen LogP contribution in [-0.2, 0) is 0 Å². The molecule has 0 amide bonds. The van der Waals surface area contributed by atoms with Crippen LogP contribution >= 0.6 is 35.7 Å². The van der Waals surface area contributed by atoms with Crippen molar-refractivity contribution in [3.05, 3.63) is 36.4 Å². The van der Waals surface area contributed by atoms with E-state index in [-0.39, 0.29) is 24.0 Å². The number of hydrogen-bond donors (Lipinski definition) is 3. The van der Waals surface area contributed by atoms with Gasteiger partial charge >= 0.3 is 0 Å². The molecular formula is C19H30IN5S. The molecule has 0 fully saturated rings. The number of aliphatic imine (C=N–C) groups is 1. The van der Waals surface area contributed by atoms with Crippen LogP contribution in [0, 0.1) is 0 Å². The lowest BCUT2D eigenvalue weighted by molar-refractivity contribution is 0.779. The van der Waals surface area contributed by atoms with E-state index in [4.69, 9.17) is 0 Å². The van der Waals surface area contributed by atoms with Crippen molar-refractivity contribution >= 4 is 58.4 Å². The summed E-state index contributed by atoms with van der Waals surface area (Å²) in [6, 6.07) is 12.3. The molecule has 0 aliphatic heterocycles. The topological polar surface area (TPSA) is 61.3 Å². The van der Waals surface area contributed by atoms with E-state index in [0.717, 1.165) is 55.3 Å². The first-order valence-corrected chi connectivity index (χ1v) is 10.3. The van der Waals surface area contributed by atoms with E-state index in [0.29, 0.717) is 0 Å². The summed E-state index contributed by atoms with van der Waals surface area (Å²) in [5, 5.41) is 11.2. The molecule has 1 heterocycles. The molecule has 7 heteroatoms. The number of unbranched alkanes of at least 4 members (excludes halogenated alkanes) is 1. The number of hydrogen-bond acceptors (Lipinski definition) is 4. The van der Waals surface area contributed by atoms with Gasteiger partial charge in [0.05, 0.1) is 5.52 Å². The first-order chi connectivity index (χ1) is 12.3. The van der Waals surface area contributed by atoms with Gasteiger partial charge in [0.2, 0.25) is 0 Å². The van der Waals surface area contributed by atoms with Crippen LogP contribution in [-0.4, -0.2) is 49.1 Å². The maximum absolute atomic E-state index is 4.62. The highest BCUT2D eigenvalue weighted by atomic mass is 127. The lowest BCUT2D eigenvalue weighted by Gasteiger charge is -2.12. The molecule has 2 aromatic rings. The maximum atomic E-state index is 4.62. The summed E-state index contributed by atoms with van der Waals surface area (Å²) in [6.45, 7) is 5.42. The number of aromatic nitrogens is 1. The Morgan fingerprint density at radius 2 is 1.92 bits per heavy atom. The van der Waals surface area contributed by atoms with Gasteiger partial charge in [-0.2, -0.15) is 11.8 Å². The van der Waals surface area contributed by atoms with Crippen molar-refractivity contribution in [1.29, 1.82) is 0 Å². The molecule has 0 bridgehead atoms. The molecule has 0 spiro atoms. The van der Waals surface area contributed by atoms with Gasteiger partial charge in [-0.05, 0) is 50.0 Å². The third-order valence-corrected chi connectivity index (χ3v) is 4.39. The molecule has 0 aliphatic rings. The molecule has 2 rings (SSSR count). The van der Waals surface area contributed by atoms with Crippen LogP contribution in [0.4, 0.5) is 5.82 Å². The average molecular weight is 487 g/mol. The Morgan fingerprint density at radius 1 is 1.08 bits per heavy atom. The molecule has 0 saturated heterocycles.